The lowest BCUT2D eigenvalue weighted by Gasteiger charge is -2.33. The first-order chi connectivity index (χ1) is 15.4. The number of aromatic nitrogens is 4. The van der Waals surface area contributed by atoms with E-state index in [0.29, 0.717) is 24.3 Å². The first-order valence-electron chi connectivity index (χ1n) is 11.7. The lowest BCUT2D eigenvalue weighted by atomic mass is 9.98. The Bertz CT molecular complexity index is 902. The molecule has 0 unspecified atom stereocenters. The van der Waals surface area contributed by atoms with Crippen molar-refractivity contribution < 1.29 is 9.53 Å². The predicted octanol–water partition coefficient (Wildman–Crippen LogP) is 4.34. The van der Waals surface area contributed by atoms with Crippen molar-refractivity contribution in [1.82, 2.24) is 25.5 Å². The Labute approximate surface area is 189 Å². The molecule has 0 bridgehead atoms. The number of aromatic amines is 1. The summed E-state index contributed by atoms with van der Waals surface area (Å²) in [5.41, 5.74) is 0.714. The highest BCUT2D eigenvalue weighted by Crippen LogP contribution is 2.34. The fourth-order valence-electron chi connectivity index (χ4n) is 4.50. The number of hydrogen-bond donors (Lipinski definition) is 3. The molecule has 9 nitrogen and oxygen atoms in total. The number of nitrogens with one attached hydrogen (secondary N) is 3. The SMILES string of the molecule is CC(C)(C)OC(=O)NC[C@H]1CCCN(c2nccc(Nc3cc(C4CCCC4)[nH]n3)n2)C1. The van der Waals surface area contributed by atoms with E-state index >= 15 is 0 Å². The van der Waals surface area contributed by atoms with Gasteiger partial charge in [-0.3, -0.25) is 5.10 Å². The van der Waals surface area contributed by atoms with Gasteiger partial charge in [-0.15, -0.1) is 0 Å². The largest absolute Gasteiger partial charge is 0.444 e. The summed E-state index contributed by atoms with van der Waals surface area (Å²) in [6.07, 6.45) is 8.56. The van der Waals surface area contributed by atoms with E-state index < -0.39 is 5.60 Å². The van der Waals surface area contributed by atoms with E-state index in [1.165, 1.54) is 31.4 Å². The van der Waals surface area contributed by atoms with Crippen molar-refractivity contribution in [2.45, 2.75) is 70.8 Å². The molecule has 3 heterocycles. The molecule has 2 aromatic heterocycles. The highest BCUT2D eigenvalue weighted by molar-refractivity contribution is 5.67. The molecule has 9 heteroatoms. The molecular weight excluding hydrogens is 406 g/mol. The number of carbonyl (C=O) groups excluding carboxylic acids is 1. The summed E-state index contributed by atoms with van der Waals surface area (Å²) in [4.78, 5) is 23.4. The van der Waals surface area contributed by atoms with Gasteiger partial charge in [0.25, 0.3) is 0 Å². The molecule has 174 valence electrons. The van der Waals surface area contributed by atoms with Gasteiger partial charge in [-0.2, -0.15) is 10.1 Å². The summed E-state index contributed by atoms with van der Waals surface area (Å²) in [6.45, 7) is 7.89. The van der Waals surface area contributed by atoms with Crippen LogP contribution in [0.25, 0.3) is 0 Å². The van der Waals surface area contributed by atoms with Crippen LogP contribution in [0.2, 0.25) is 0 Å². The third-order valence-electron chi connectivity index (χ3n) is 6.03. The number of ether oxygens (including phenoxy) is 1. The molecule has 1 amide bonds. The average molecular weight is 442 g/mol. The van der Waals surface area contributed by atoms with Crippen LogP contribution in [-0.2, 0) is 4.74 Å². The minimum Gasteiger partial charge on any atom is -0.444 e. The summed E-state index contributed by atoms with van der Waals surface area (Å²) >= 11 is 0. The van der Waals surface area contributed by atoms with Gasteiger partial charge >= 0.3 is 6.09 Å². The quantitative estimate of drug-likeness (QED) is 0.612. The number of anilines is 3. The Balaban J connectivity index is 1.33. The van der Waals surface area contributed by atoms with Gasteiger partial charge in [0, 0.05) is 43.5 Å². The van der Waals surface area contributed by atoms with E-state index in [0.717, 1.165) is 37.6 Å². The number of piperidine rings is 1. The van der Waals surface area contributed by atoms with Crippen LogP contribution in [0.15, 0.2) is 18.3 Å². The third kappa shape index (κ3) is 6.11. The zero-order valence-corrected chi connectivity index (χ0v) is 19.4. The fraction of sp³-hybridized carbons (Fsp3) is 0.652. The zero-order valence-electron chi connectivity index (χ0n) is 19.4. The van der Waals surface area contributed by atoms with Crippen LogP contribution >= 0.6 is 0 Å². The molecule has 1 atom stereocenters. The van der Waals surface area contributed by atoms with Crippen molar-refractivity contribution in [1.29, 1.82) is 0 Å². The van der Waals surface area contributed by atoms with Crippen molar-refractivity contribution in [3.63, 3.8) is 0 Å². The van der Waals surface area contributed by atoms with Crippen LogP contribution < -0.4 is 15.5 Å². The van der Waals surface area contributed by atoms with E-state index in [9.17, 15) is 4.79 Å². The summed E-state index contributed by atoms with van der Waals surface area (Å²) in [5.74, 6) is 3.14. The number of carbonyl (C=O) groups is 1. The minimum absolute atomic E-state index is 0.330. The minimum atomic E-state index is -0.490. The Morgan fingerprint density at radius 3 is 2.81 bits per heavy atom. The monoisotopic (exact) mass is 441 g/mol. The van der Waals surface area contributed by atoms with Crippen molar-refractivity contribution >= 4 is 23.7 Å². The van der Waals surface area contributed by atoms with Gasteiger partial charge in [0.15, 0.2) is 5.82 Å². The lowest BCUT2D eigenvalue weighted by Crippen LogP contribution is -2.42. The second kappa shape index (κ2) is 9.75. The first-order valence-corrected chi connectivity index (χ1v) is 11.7. The molecule has 3 N–H and O–H groups in total. The van der Waals surface area contributed by atoms with Crippen LogP contribution in [0.3, 0.4) is 0 Å². The maximum Gasteiger partial charge on any atom is 0.407 e. The highest BCUT2D eigenvalue weighted by atomic mass is 16.6. The van der Waals surface area contributed by atoms with Gasteiger partial charge in [-0.1, -0.05) is 12.8 Å². The Hall–Kier alpha value is -2.84. The van der Waals surface area contributed by atoms with Crippen molar-refractivity contribution in [2.75, 3.05) is 29.9 Å². The number of alkyl carbamates (subject to hydrolysis) is 1. The normalized spacial score (nSPS) is 19.7. The molecule has 0 spiro atoms. The summed E-state index contributed by atoms with van der Waals surface area (Å²) in [7, 11) is 0. The molecule has 1 aliphatic carbocycles. The molecule has 1 saturated heterocycles. The fourth-order valence-corrected chi connectivity index (χ4v) is 4.50. The molecule has 32 heavy (non-hydrogen) atoms. The molecule has 2 fully saturated rings. The smallest absolute Gasteiger partial charge is 0.407 e. The number of H-pyrrole nitrogens is 1. The molecule has 1 saturated carbocycles. The van der Waals surface area contributed by atoms with E-state index in [1.807, 2.05) is 26.8 Å². The van der Waals surface area contributed by atoms with E-state index in [-0.39, 0.29) is 6.09 Å². The highest BCUT2D eigenvalue weighted by Gasteiger charge is 2.24. The summed E-state index contributed by atoms with van der Waals surface area (Å²) in [6, 6.07) is 3.95. The first kappa shape index (κ1) is 22.4. The van der Waals surface area contributed by atoms with Crippen molar-refractivity contribution in [2.24, 2.45) is 5.92 Å². The summed E-state index contributed by atoms with van der Waals surface area (Å²) < 4.78 is 5.34. The number of hydrogen-bond acceptors (Lipinski definition) is 7. The summed E-state index contributed by atoms with van der Waals surface area (Å²) in [5, 5.41) is 13.8. The zero-order chi connectivity index (χ0) is 22.6. The lowest BCUT2D eigenvalue weighted by molar-refractivity contribution is 0.0517. The Kier molecular flexibility index (Phi) is 6.81. The molecule has 0 aromatic carbocycles. The van der Waals surface area contributed by atoms with Gasteiger partial charge in [-0.25, -0.2) is 9.78 Å². The van der Waals surface area contributed by atoms with Crippen LogP contribution in [-0.4, -0.2) is 51.5 Å². The van der Waals surface area contributed by atoms with E-state index in [4.69, 9.17) is 9.72 Å². The number of nitrogens with zero attached hydrogens (tertiary/aromatic N) is 4. The molecule has 0 radical (unpaired) electrons. The Morgan fingerprint density at radius 1 is 1.22 bits per heavy atom. The molecule has 1 aliphatic heterocycles. The van der Waals surface area contributed by atoms with Gasteiger partial charge < -0.3 is 20.3 Å². The van der Waals surface area contributed by atoms with Crippen LogP contribution in [0, 0.1) is 5.92 Å². The molecule has 4 rings (SSSR count). The second-order valence-corrected chi connectivity index (χ2v) is 9.89. The van der Waals surface area contributed by atoms with Gasteiger partial charge in [0.05, 0.1) is 0 Å². The van der Waals surface area contributed by atoms with E-state index in [2.05, 4.69) is 36.8 Å². The van der Waals surface area contributed by atoms with Gasteiger partial charge in [0.2, 0.25) is 5.95 Å². The van der Waals surface area contributed by atoms with Crippen molar-refractivity contribution in [3.8, 4) is 0 Å². The maximum absolute atomic E-state index is 12.0. The third-order valence-corrected chi connectivity index (χ3v) is 6.03. The van der Waals surface area contributed by atoms with Crippen LogP contribution in [0.5, 0.6) is 0 Å². The van der Waals surface area contributed by atoms with Crippen molar-refractivity contribution in [3.05, 3.63) is 24.0 Å². The van der Waals surface area contributed by atoms with Crippen LogP contribution in [0.4, 0.5) is 22.4 Å². The van der Waals surface area contributed by atoms with E-state index in [1.54, 1.807) is 6.20 Å². The Morgan fingerprint density at radius 2 is 2.03 bits per heavy atom. The molecular formula is C23H35N7O2. The van der Waals surface area contributed by atoms with Gasteiger partial charge in [-0.05, 0) is 58.4 Å². The second-order valence-electron chi connectivity index (χ2n) is 9.89. The number of amides is 1. The average Bonchev–Trinajstić information content (AvgIpc) is 3.43. The maximum atomic E-state index is 12.0. The molecule has 2 aliphatic rings. The van der Waals surface area contributed by atoms with Gasteiger partial charge in [0.1, 0.15) is 11.4 Å². The topological polar surface area (TPSA) is 108 Å². The predicted molar refractivity (Wildman–Crippen MR) is 124 cm³/mol. The molecule has 2 aromatic rings. The van der Waals surface area contributed by atoms with Crippen LogP contribution in [0.1, 0.15) is 70.9 Å². The number of rotatable bonds is 6. The standard InChI is InChI=1S/C23H35N7O2/c1-23(2,3)32-22(31)25-14-16-7-6-12-30(15-16)21-24-11-10-19(27-21)26-20-13-18(28-29-20)17-8-4-5-9-17/h10-11,13,16-17H,4-9,12,14-15H2,1-3H3,(H,25,31)(H2,24,26,27,28,29)/t16-/m1/s1.